The van der Waals surface area contributed by atoms with Crippen molar-refractivity contribution in [2.24, 2.45) is 5.10 Å². The Morgan fingerprint density at radius 2 is 1.64 bits per heavy atom. The van der Waals surface area contributed by atoms with E-state index >= 15 is 0 Å². The summed E-state index contributed by atoms with van der Waals surface area (Å²) in [5.41, 5.74) is 1.11. The number of aromatic nitrogens is 1. The van der Waals surface area contributed by atoms with E-state index < -0.39 is 15.8 Å². The van der Waals surface area contributed by atoms with Crippen molar-refractivity contribution in [3.05, 3.63) is 102 Å². The second kappa shape index (κ2) is 9.53. The minimum atomic E-state index is -0.498. The molecule has 178 valence electrons. The highest BCUT2D eigenvalue weighted by Gasteiger charge is 2.23. The average Bonchev–Trinajstić information content (AvgIpc) is 3.47. The molecule has 0 N–H and O–H groups in total. The molecule has 0 aliphatic rings. The number of nitro groups is 2. The summed E-state index contributed by atoms with van der Waals surface area (Å²) in [7, 11) is 0. The number of carbonyl (C=O) groups is 1. The number of benzene rings is 3. The standard InChI is InChI=1S/C23H12BrN5O5S2/c24-15-3-7-18-20(11-15)36-23(26-18)27(25-12-13-1-4-16(5-2-13)28(31)32)22(30)21-10-14-9-17(29(33)34)6-8-19(14)35-21/h1-12H/b25-12+. The van der Waals surface area contributed by atoms with Crippen LogP contribution in [0.15, 0.2) is 76.3 Å². The van der Waals surface area contributed by atoms with Gasteiger partial charge in [-0.1, -0.05) is 27.3 Å². The Morgan fingerprint density at radius 1 is 0.917 bits per heavy atom. The third kappa shape index (κ3) is 4.71. The Balaban J connectivity index is 1.55. The van der Waals surface area contributed by atoms with Crippen molar-refractivity contribution in [3.63, 3.8) is 0 Å². The van der Waals surface area contributed by atoms with E-state index in [1.165, 1.54) is 70.3 Å². The number of rotatable bonds is 6. The summed E-state index contributed by atoms with van der Waals surface area (Å²) in [6.07, 6.45) is 1.42. The number of fused-ring (bicyclic) bond motifs is 2. The molecule has 36 heavy (non-hydrogen) atoms. The Hall–Kier alpha value is -4.07. The maximum atomic E-state index is 13.6. The maximum Gasteiger partial charge on any atom is 0.290 e. The number of amides is 1. The molecule has 0 spiro atoms. The highest BCUT2D eigenvalue weighted by Crippen LogP contribution is 2.34. The van der Waals surface area contributed by atoms with E-state index in [1.54, 1.807) is 12.1 Å². The normalized spacial score (nSPS) is 11.4. The number of halogens is 1. The summed E-state index contributed by atoms with van der Waals surface area (Å²) in [5.74, 6) is -0.463. The van der Waals surface area contributed by atoms with Gasteiger partial charge in [-0.15, -0.1) is 11.3 Å². The van der Waals surface area contributed by atoms with Gasteiger partial charge in [0.1, 0.15) is 0 Å². The lowest BCUT2D eigenvalue weighted by molar-refractivity contribution is -0.385. The van der Waals surface area contributed by atoms with E-state index in [1.807, 2.05) is 18.2 Å². The van der Waals surface area contributed by atoms with Gasteiger partial charge in [-0.25, -0.2) is 4.98 Å². The molecule has 0 atom stereocenters. The van der Waals surface area contributed by atoms with Crippen LogP contribution >= 0.6 is 38.6 Å². The van der Waals surface area contributed by atoms with Gasteiger partial charge in [0.25, 0.3) is 17.3 Å². The van der Waals surface area contributed by atoms with Crippen molar-refractivity contribution < 1.29 is 14.6 Å². The summed E-state index contributed by atoms with van der Waals surface area (Å²) in [6.45, 7) is 0. The van der Waals surface area contributed by atoms with Gasteiger partial charge in [0.15, 0.2) is 0 Å². The zero-order chi connectivity index (χ0) is 25.4. The molecule has 5 aromatic rings. The fourth-order valence-electron chi connectivity index (χ4n) is 3.33. The molecular formula is C23H12BrN5O5S2. The number of carbonyl (C=O) groups excluding carboxylic acids is 1. The highest BCUT2D eigenvalue weighted by atomic mass is 79.9. The Kier molecular flexibility index (Phi) is 6.26. The van der Waals surface area contributed by atoms with E-state index in [2.05, 4.69) is 26.0 Å². The van der Waals surface area contributed by atoms with Gasteiger partial charge in [-0.05, 0) is 48.0 Å². The summed E-state index contributed by atoms with van der Waals surface area (Å²) in [5, 5.41) is 28.5. The van der Waals surface area contributed by atoms with Crippen molar-refractivity contribution in [2.75, 3.05) is 5.01 Å². The first-order valence-corrected chi connectivity index (χ1v) is 12.6. The molecule has 0 aliphatic carbocycles. The Labute approximate surface area is 218 Å². The number of hydrazone groups is 1. The fourth-order valence-corrected chi connectivity index (χ4v) is 5.77. The highest BCUT2D eigenvalue weighted by molar-refractivity contribution is 9.10. The van der Waals surface area contributed by atoms with Crippen LogP contribution in [0.5, 0.6) is 0 Å². The first-order chi connectivity index (χ1) is 17.3. The lowest BCUT2D eigenvalue weighted by Gasteiger charge is -2.12. The molecular weight excluding hydrogens is 570 g/mol. The molecule has 0 aliphatic heterocycles. The third-order valence-electron chi connectivity index (χ3n) is 5.06. The molecule has 10 nitrogen and oxygen atoms in total. The smallest absolute Gasteiger partial charge is 0.266 e. The number of nitro benzene ring substituents is 2. The largest absolute Gasteiger partial charge is 0.290 e. The van der Waals surface area contributed by atoms with Crippen molar-refractivity contribution >= 4 is 87.5 Å². The van der Waals surface area contributed by atoms with Gasteiger partial charge >= 0.3 is 0 Å². The first kappa shape index (κ1) is 23.7. The van der Waals surface area contributed by atoms with Crippen molar-refractivity contribution in [3.8, 4) is 0 Å². The second-order valence-corrected chi connectivity index (χ2v) is 10.4. The average molecular weight is 582 g/mol. The quantitative estimate of drug-likeness (QED) is 0.123. The van der Waals surface area contributed by atoms with Crippen LogP contribution < -0.4 is 5.01 Å². The van der Waals surface area contributed by atoms with Gasteiger partial charge in [0.05, 0.1) is 31.2 Å². The third-order valence-corrected chi connectivity index (χ3v) is 7.65. The minimum absolute atomic E-state index is 0.0591. The van der Waals surface area contributed by atoms with Gasteiger partial charge in [0.2, 0.25) is 5.13 Å². The van der Waals surface area contributed by atoms with Crippen LogP contribution in [0.25, 0.3) is 20.3 Å². The first-order valence-electron chi connectivity index (χ1n) is 10.2. The van der Waals surface area contributed by atoms with Crippen molar-refractivity contribution in [1.82, 2.24) is 4.98 Å². The molecule has 0 unspecified atom stereocenters. The van der Waals surface area contributed by atoms with Gasteiger partial charge in [-0.2, -0.15) is 10.1 Å². The molecule has 0 bridgehead atoms. The van der Waals surface area contributed by atoms with E-state index in [4.69, 9.17) is 0 Å². The number of thiophene rings is 1. The summed E-state index contributed by atoms with van der Waals surface area (Å²) in [6, 6.07) is 17.3. The van der Waals surface area contributed by atoms with Crippen molar-refractivity contribution in [1.29, 1.82) is 0 Å². The van der Waals surface area contributed by atoms with Crippen LogP contribution in [0.1, 0.15) is 15.2 Å². The minimum Gasteiger partial charge on any atom is -0.266 e. The molecule has 2 heterocycles. The summed E-state index contributed by atoms with van der Waals surface area (Å²) in [4.78, 5) is 39.6. The van der Waals surface area contributed by atoms with Crippen LogP contribution in [-0.4, -0.2) is 27.0 Å². The van der Waals surface area contributed by atoms with Crippen LogP contribution in [-0.2, 0) is 0 Å². The molecule has 0 fully saturated rings. The van der Waals surface area contributed by atoms with E-state index in [-0.39, 0.29) is 11.4 Å². The number of hydrogen-bond donors (Lipinski definition) is 0. The monoisotopic (exact) mass is 581 g/mol. The van der Waals surface area contributed by atoms with Crippen LogP contribution in [0.3, 0.4) is 0 Å². The molecule has 13 heteroatoms. The summed E-state index contributed by atoms with van der Waals surface area (Å²) < 4.78 is 2.43. The number of non-ortho nitro benzene ring substituents is 2. The predicted molar refractivity (Wildman–Crippen MR) is 143 cm³/mol. The summed E-state index contributed by atoms with van der Waals surface area (Å²) >= 11 is 5.90. The van der Waals surface area contributed by atoms with Crippen LogP contribution in [0.4, 0.5) is 16.5 Å². The molecule has 2 aromatic heterocycles. The topological polar surface area (TPSA) is 132 Å². The zero-order valence-corrected chi connectivity index (χ0v) is 21.1. The number of thiazole rings is 1. The van der Waals surface area contributed by atoms with Gasteiger partial charge in [-0.3, -0.25) is 25.0 Å². The van der Waals surface area contributed by atoms with Crippen molar-refractivity contribution in [2.45, 2.75) is 0 Å². The second-order valence-electron chi connectivity index (χ2n) is 7.41. The van der Waals surface area contributed by atoms with Crippen LogP contribution in [0, 0.1) is 20.2 Å². The molecule has 0 saturated carbocycles. The Bertz CT molecular complexity index is 1700. The van der Waals surface area contributed by atoms with E-state index in [0.29, 0.717) is 26.5 Å². The van der Waals surface area contributed by atoms with E-state index in [0.717, 1.165) is 13.9 Å². The lowest BCUT2D eigenvalue weighted by atomic mass is 10.2. The fraction of sp³-hybridized carbons (Fsp3) is 0. The molecule has 1 amide bonds. The maximum absolute atomic E-state index is 13.6. The zero-order valence-electron chi connectivity index (χ0n) is 17.9. The van der Waals surface area contributed by atoms with E-state index in [9.17, 15) is 25.0 Å². The SMILES string of the molecule is O=C(c1cc2cc([N+](=O)[O-])ccc2s1)N(/N=C/c1ccc([N+](=O)[O-])cc1)c1nc2ccc(Br)cc2s1. The predicted octanol–water partition coefficient (Wildman–Crippen LogP) is 6.77. The number of anilines is 1. The molecule has 3 aromatic carbocycles. The van der Waals surface area contributed by atoms with Gasteiger partial charge in [0, 0.05) is 38.8 Å². The van der Waals surface area contributed by atoms with Crippen LogP contribution in [0.2, 0.25) is 0 Å². The number of hydrogen-bond acceptors (Lipinski definition) is 9. The van der Waals surface area contributed by atoms with Gasteiger partial charge < -0.3 is 0 Å². The molecule has 0 radical (unpaired) electrons. The lowest BCUT2D eigenvalue weighted by Crippen LogP contribution is -2.24. The Morgan fingerprint density at radius 3 is 2.36 bits per heavy atom. The number of nitrogens with zero attached hydrogens (tertiary/aromatic N) is 5. The molecule has 5 rings (SSSR count). The molecule has 0 saturated heterocycles.